The van der Waals surface area contributed by atoms with Crippen molar-refractivity contribution < 1.29 is 33.4 Å². The second-order valence-corrected chi connectivity index (χ2v) is 12.5. The van der Waals surface area contributed by atoms with Gasteiger partial charge in [-0.25, -0.2) is 0 Å². The third-order valence-electron chi connectivity index (χ3n) is 7.78. The number of ketones is 2. The molecule has 1 N–H and O–H groups in total. The van der Waals surface area contributed by atoms with Gasteiger partial charge in [0.15, 0.2) is 5.78 Å². The predicted octanol–water partition coefficient (Wildman–Crippen LogP) is 4.74. The molecule has 9 heteroatoms. The third kappa shape index (κ3) is 14.5. The maximum absolute atomic E-state index is 12.9. The van der Waals surface area contributed by atoms with Crippen LogP contribution in [0.25, 0.3) is 0 Å². The fraction of sp³-hybridized carbons (Fsp3) is 0.844. The van der Waals surface area contributed by atoms with Gasteiger partial charge in [0, 0.05) is 57.3 Å². The molecule has 0 saturated carbocycles. The quantitative estimate of drug-likeness (QED) is 0.137. The Balaban J connectivity index is 2.28. The second kappa shape index (κ2) is 19.9. The van der Waals surface area contributed by atoms with Gasteiger partial charge in [0.2, 0.25) is 17.7 Å². The summed E-state index contributed by atoms with van der Waals surface area (Å²) in [4.78, 5) is 64.0. The Morgan fingerprint density at radius 2 is 1.51 bits per heavy atom. The van der Waals surface area contributed by atoms with Gasteiger partial charge in [-0.2, -0.15) is 0 Å². The van der Waals surface area contributed by atoms with Crippen LogP contribution in [0.3, 0.4) is 0 Å². The lowest BCUT2D eigenvalue weighted by Gasteiger charge is -2.22. The molecule has 1 heterocycles. The lowest BCUT2D eigenvalue weighted by atomic mass is 9.88. The van der Waals surface area contributed by atoms with Crippen LogP contribution in [0.2, 0.25) is 0 Å². The lowest BCUT2D eigenvalue weighted by molar-refractivity contribution is -0.139. The van der Waals surface area contributed by atoms with Crippen LogP contribution in [-0.4, -0.2) is 73.2 Å². The number of likely N-dealkylation sites (tertiary alicyclic amines) is 1. The van der Waals surface area contributed by atoms with E-state index in [1.165, 1.54) is 4.90 Å². The number of ether oxygens (including phenoxy) is 2. The molecule has 236 valence electrons. The van der Waals surface area contributed by atoms with Crippen molar-refractivity contribution >= 4 is 29.3 Å². The maximum atomic E-state index is 12.9. The number of hydrogen-bond acceptors (Lipinski definition) is 7. The van der Waals surface area contributed by atoms with Crippen molar-refractivity contribution in [1.82, 2.24) is 10.2 Å². The maximum Gasteiger partial charge on any atom is 0.233 e. The van der Waals surface area contributed by atoms with Crippen LogP contribution in [0, 0.1) is 29.6 Å². The summed E-state index contributed by atoms with van der Waals surface area (Å²) in [5.74, 6) is -0.489. The summed E-state index contributed by atoms with van der Waals surface area (Å²) in [6, 6.07) is -0.621. The standard InChI is InChI=1S/C32H56N2O7/c1-22(2)14-17-41-19-18-40-16-11-13-29(36)25(7)33-31(38)27(23(3)4)20-26(35)12-9-8-10-15-34-30(37)21-28(24(5)6)32(34)39/h22-25,27-28H,8-21H2,1-7H3,(H,33,38)/t25-,27-,28?/m0/s1. The summed E-state index contributed by atoms with van der Waals surface area (Å²) >= 11 is 0. The molecule has 1 rings (SSSR count). The molecule has 0 aromatic carbocycles. The van der Waals surface area contributed by atoms with Crippen molar-refractivity contribution in [2.45, 2.75) is 112 Å². The molecular formula is C32H56N2O7. The highest BCUT2D eigenvalue weighted by atomic mass is 16.5. The fourth-order valence-electron chi connectivity index (χ4n) is 4.82. The Kier molecular flexibility index (Phi) is 17.9. The lowest BCUT2D eigenvalue weighted by Crippen LogP contribution is -2.43. The molecule has 41 heavy (non-hydrogen) atoms. The number of Topliss-reactive ketones (excluding diaryl/α,β-unsaturated/α-hetero) is 2. The normalized spacial score (nSPS) is 17.1. The molecule has 9 nitrogen and oxygen atoms in total. The van der Waals surface area contributed by atoms with Crippen LogP contribution in [0.15, 0.2) is 0 Å². The summed E-state index contributed by atoms with van der Waals surface area (Å²) in [6.07, 6.45) is 4.74. The van der Waals surface area contributed by atoms with Crippen molar-refractivity contribution in [2.75, 3.05) is 33.0 Å². The first-order valence-corrected chi connectivity index (χ1v) is 15.7. The van der Waals surface area contributed by atoms with Gasteiger partial charge in [-0.3, -0.25) is 28.9 Å². The minimum Gasteiger partial charge on any atom is -0.379 e. The van der Waals surface area contributed by atoms with E-state index in [-0.39, 0.29) is 53.5 Å². The molecule has 0 aromatic rings. The van der Waals surface area contributed by atoms with Gasteiger partial charge in [-0.15, -0.1) is 0 Å². The number of unbranched alkanes of at least 4 members (excludes halogenated alkanes) is 2. The Labute approximate surface area is 247 Å². The van der Waals surface area contributed by atoms with Crippen LogP contribution >= 0.6 is 0 Å². The van der Waals surface area contributed by atoms with E-state index in [9.17, 15) is 24.0 Å². The topological polar surface area (TPSA) is 119 Å². The molecule has 3 atom stereocenters. The molecule has 0 aliphatic carbocycles. The van der Waals surface area contributed by atoms with Gasteiger partial charge < -0.3 is 14.8 Å². The largest absolute Gasteiger partial charge is 0.379 e. The highest BCUT2D eigenvalue weighted by Crippen LogP contribution is 2.26. The summed E-state index contributed by atoms with van der Waals surface area (Å²) in [5.41, 5.74) is 0. The SMILES string of the molecule is CC(C)CCOCCOCCCC(=O)[C@H](C)NC(=O)[C@@H](CC(=O)CCCCCN1C(=O)CC(C(C)C)C1=O)C(C)C. The molecule has 3 amide bonds. The zero-order valence-corrected chi connectivity index (χ0v) is 26.7. The van der Waals surface area contributed by atoms with Gasteiger partial charge in [0.05, 0.1) is 19.3 Å². The van der Waals surface area contributed by atoms with Gasteiger partial charge in [0.25, 0.3) is 0 Å². The number of carbonyl (C=O) groups is 5. The zero-order valence-electron chi connectivity index (χ0n) is 26.7. The highest BCUT2D eigenvalue weighted by Gasteiger charge is 2.39. The van der Waals surface area contributed by atoms with E-state index < -0.39 is 12.0 Å². The van der Waals surface area contributed by atoms with E-state index in [4.69, 9.17) is 9.47 Å². The number of rotatable bonds is 23. The number of amides is 3. The second-order valence-electron chi connectivity index (χ2n) is 12.5. The molecule has 1 aliphatic heterocycles. The van der Waals surface area contributed by atoms with Gasteiger partial charge in [0.1, 0.15) is 5.78 Å². The molecule has 1 fully saturated rings. The third-order valence-corrected chi connectivity index (χ3v) is 7.78. The van der Waals surface area contributed by atoms with E-state index in [1.807, 2.05) is 27.7 Å². The number of nitrogens with one attached hydrogen (secondary N) is 1. The Hall–Kier alpha value is -2.13. The summed E-state index contributed by atoms with van der Waals surface area (Å²) < 4.78 is 11.0. The Morgan fingerprint density at radius 1 is 0.854 bits per heavy atom. The first kappa shape index (κ1) is 36.9. The van der Waals surface area contributed by atoms with Gasteiger partial charge >= 0.3 is 0 Å². The fourth-order valence-corrected chi connectivity index (χ4v) is 4.82. The molecule has 1 unspecified atom stereocenters. The minimum absolute atomic E-state index is 0.0105. The van der Waals surface area contributed by atoms with Crippen LogP contribution in [-0.2, 0) is 33.4 Å². The number of carbonyl (C=O) groups excluding carboxylic acids is 5. The minimum atomic E-state index is -0.621. The molecule has 1 aliphatic rings. The highest BCUT2D eigenvalue weighted by molar-refractivity contribution is 6.03. The molecule has 0 radical (unpaired) electrons. The first-order valence-electron chi connectivity index (χ1n) is 15.7. The molecule has 0 bridgehead atoms. The van der Waals surface area contributed by atoms with Crippen LogP contribution in [0.4, 0.5) is 0 Å². The van der Waals surface area contributed by atoms with Crippen molar-refractivity contribution in [2.24, 2.45) is 29.6 Å². The van der Waals surface area contributed by atoms with E-state index in [0.29, 0.717) is 70.8 Å². The van der Waals surface area contributed by atoms with Crippen molar-refractivity contribution in [3.63, 3.8) is 0 Å². The number of imide groups is 1. The average Bonchev–Trinajstić information content (AvgIpc) is 3.18. The van der Waals surface area contributed by atoms with E-state index in [2.05, 4.69) is 19.2 Å². The summed E-state index contributed by atoms with van der Waals surface area (Å²) in [5, 5.41) is 2.81. The smallest absolute Gasteiger partial charge is 0.233 e. The molecule has 0 aromatic heterocycles. The number of hydrogen-bond donors (Lipinski definition) is 1. The number of nitrogens with zero attached hydrogens (tertiary/aromatic N) is 1. The summed E-state index contributed by atoms with van der Waals surface area (Å²) in [7, 11) is 0. The zero-order chi connectivity index (χ0) is 30.9. The monoisotopic (exact) mass is 580 g/mol. The van der Waals surface area contributed by atoms with E-state index in [0.717, 1.165) is 19.4 Å². The van der Waals surface area contributed by atoms with Crippen molar-refractivity contribution in [1.29, 1.82) is 0 Å². The Morgan fingerprint density at radius 3 is 2.10 bits per heavy atom. The van der Waals surface area contributed by atoms with Crippen LogP contribution in [0.1, 0.15) is 106 Å². The molecule has 0 spiro atoms. The van der Waals surface area contributed by atoms with Crippen LogP contribution < -0.4 is 5.32 Å². The van der Waals surface area contributed by atoms with E-state index in [1.54, 1.807) is 6.92 Å². The van der Waals surface area contributed by atoms with Gasteiger partial charge in [-0.05, 0) is 50.4 Å². The van der Waals surface area contributed by atoms with E-state index >= 15 is 0 Å². The van der Waals surface area contributed by atoms with Crippen molar-refractivity contribution in [3.05, 3.63) is 0 Å². The first-order chi connectivity index (χ1) is 19.3. The Bertz CT molecular complexity index is 840. The molecular weight excluding hydrogens is 524 g/mol. The van der Waals surface area contributed by atoms with Gasteiger partial charge in [-0.1, -0.05) is 48.0 Å². The van der Waals surface area contributed by atoms with Crippen LogP contribution in [0.5, 0.6) is 0 Å². The average molecular weight is 581 g/mol. The summed E-state index contributed by atoms with van der Waals surface area (Å²) in [6.45, 7) is 16.3. The molecule has 1 saturated heterocycles. The van der Waals surface area contributed by atoms with Crippen molar-refractivity contribution in [3.8, 4) is 0 Å². The predicted molar refractivity (Wildman–Crippen MR) is 159 cm³/mol.